The first-order valence-corrected chi connectivity index (χ1v) is 21.0. The Bertz CT molecular complexity index is 2270. The molecular formula is C43H54F3N11O4. The molecule has 3 fully saturated rings. The second kappa shape index (κ2) is 18.9. The summed E-state index contributed by atoms with van der Waals surface area (Å²) < 4.78 is 42.0. The molecule has 2 aromatic heterocycles. The van der Waals surface area contributed by atoms with Crippen LogP contribution in [0.25, 0.3) is 11.0 Å². The summed E-state index contributed by atoms with van der Waals surface area (Å²) in [5.74, 6) is -0.375. The number of fused-ring (bicyclic) bond motifs is 1. The predicted molar refractivity (Wildman–Crippen MR) is 228 cm³/mol. The highest BCUT2D eigenvalue weighted by Crippen LogP contribution is 2.34. The fourth-order valence-corrected chi connectivity index (χ4v) is 8.39. The summed E-state index contributed by atoms with van der Waals surface area (Å²) in [6, 6.07) is 12.2. The van der Waals surface area contributed by atoms with Crippen molar-refractivity contribution in [2.24, 2.45) is 7.05 Å². The summed E-state index contributed by atoms with van der Waals surface area (Å²) in [7, 11) is 1.66. The van der Waals surface area contributed by atoms with Gasteiger partial charge < -0.3 is 26.2 Å². The zero-order valence-corrected chi connectivity index (χ0v) is 34.6. The number of alkyl halides is 3. The van der Waals surface area contributed by atoms with Crippen LogP contribution < -0.4 is 32.1 Å². The predicted octanol–water partition coefficient (Wildman–Crippen LogP) is 4.17. The highest BCUT2D eigenvalue weighted by atomic mass is 19.4. The largest absolute Gasteiger partial charge is 0.416 e. The number of carbonyl (C=O) groups excluding carboxylic acids is 3. The fraction of sp³-hybridized carbons (Fsp3) is 0.488. The Morgan fingerprint density at radius 2 is 1.57 bits per heavy atom. The molecule has 1 unspecified atom stereocenters. The number of piperidine rings is 1. The van der Waals surface area contributed by atoms with Gasteiger partial charge in [-0.15, -0.1) is 0 Å². The van der Waals surface area contributed by atoms with Crippen molar-refractivity contribution < 1.29 is 27.6 Å². The molecule has 18 heteroatoms. The number of nitrogens with one attached hydrogen (secondary N) is 3. The number of carbonyl (C=O) groups is 3. The molecule has 2 aromatic carbocycles. The van der Waals surface area contributed by atoms with Crippen molar-refractivity contribution in [1.29, 1.82) is 0 Å². The first-order valence-electron chi connectivity index (χ1n) is 21.0. The smallest absolute Gasteiger partial charge is 0.399 e. The van der Waals surface area contributed by atoms with E-state index in [0.29, 0.717) is 67.1 Å². The van der Waals surface area contributed by atoms with E-state index in [4.69, 9.17) is 5.73 Å². The van der Waals surface area contributed by atoms with E-state index in [-0.39, 0.29) is 41.4 Å². The maximum atomic E-state index is 13.5. The molecule has 0 radical (unpaired) electrons. The van der Waals surface area contributed by atoms with Crippen LogP contribution in [0.15, 0.2) is 59.7 Å². The molecule has 0 aliphatic carbocycles. The highest BCUT2D eigenvalue weighted by Gasteiger charge is 2.32. The van der Waals surface area contributed by atoms with Crippen molar-refractivity contribution in [3.8, 4) is 0 Å². The molecule has 0 bridgehead atoms. The van der Waals surface area contributed by atoms with E-state index in [2.05, 4.69) is 40.6 Å². The Kier molecular flexibility index (Phi) is 13.4. The highest BCUT2D eigenvalue weighted by molar-refractivity contribution is 6.01. The van der Waals surface area contributed by atoms with Gasteiger partial charge in [0.15, 0.2) is 0 Å². The molecule has 5 heterocycles. The first kappa shape index (κ1) is 43.3. The SMILES string of the molecule is C[C@@H](Nc1ncnc2c1cc(N1CCN(CCCCCN3CCN(C(=O)CNc4ccc(C5CCC(=O)NC5=O)cc4)CC3)CC1)c(=O)n2C)c1cc(N)cc(C(F)(F)F)c1. The van der Waals surface area contributed by atoms with E-state index in [9.17, 15) is 32.3 Å². The lowest BCUT2D eigenvalue weighted by atomic mass is 9.90. The van der Waals surface area contributed by atoms with Gasteiger partial charge in [-0.25, -0.2) is 9.97 Å². The minimum absolute atomic E-state index is 0.0115. The third-order valence-electron chi connectivity index (χ3n) is 12.0. The Morgan fingerprint density at radius 1 is 0.902 bits per heavy atom. The maximum Gasteiger partial charge on any atom is 0.416 e. The van der Waals surface area contributed by atoms with Gasteiger partial charge in [-0.1, -0.05) is 18.6 Å². The zero-order valence-electron chi connectivity index (χ0n) is 34.6. The number of aryl methyl sites for hydroxylation is 1. The number of hydrogen-bond acceptors (Lipinski definition) is 12. The van der Waals surface area contributed by atoms with Crippen molar-refractivity contribution in [2.45, 2.75) is 57.2 Å². The molecule has 4 aromatic rings. The number of halogens is 3. The van der Waals surface area contributed by atoms with Gasteiger partial charge in [0.25, 0.3) is 5.56 Å². The first-order chi connectivity index (χ1) is 29.2. The number of nitrogens with zero attached hydrogens (tertiary/aromatic N) is 7. The van der Waals surface area contributed by atoms with Crippen molar-refractivity contribution >= 4 is 51.6 Å². The number of rotatable bonds is 14. The molecule has 3 aliphatic rings. The third-order valence-corrected chi connectivity index (χ3v) is 12.0. The Labute approximate surface area is 352 Å². The van der Waals surface area contributed by atoms with Crippen LogP contribution in [-0.4, -0.2) is 119 Å². The quantitative estimate of drug-likeness (QED) is 0.0812. The number of aromatic nitrogens is 3. The number of unbranched alkanes of at least 4 members (excludes halogenated alkanes) is 2. The molecule has 3 saturated heterocycles. The maximum absolute atomic E-state index is 13.5. The summed E-state index contributed by atoms with van der Waals surface area (Å²) >= 11 is 0. The lowest BCUT2D eigenvalue weighted by Gasteiger charge is -2.36. The van der Waals surface area contributed by atoms with Crippen LogP contribution >= 0.6 is 0 Å². The van der Waals surface area contributed by atoms with Crippen molar-refractivity contribution in [3.05, 3.63) is 81.9 Å². The molecular weight excluding hydrogens is 792 g/mol. The number of amides is 3. The summed E-state index contributed by atoms with van der Waals surface area (Å²) in [5, 5.41) is 9.40. The van der Waals surface area contributed by atoms with E-state index in [1.165, 1.54) is 17.0 Å². The van der Waals surface area contributed by atoms with Crippen LogP contribution in [0.4, 0.5) is 36.1 Å². The topological polar surface area (TPSA) is 174 Å². The monoisotopic (exact) mass is 845 g/mol. The van der Waals surface area contributed by atoms with Gasteiger partial charge in [-0.3, -0.25) is 38.9 Å². The summed E-state index contributed by atoms with van der Waals surface area (Å²) in [4.78, 5) is 67.7. The lowest BCUT2D eigenvalue weighted by molar-refractivity contribution is -0.138. The average molecular weight is 846 g/mol. The summed E-state index contributed by atoms with van der Waals surface area (Å²) in [6.45, 7) is 9.93. The van der Waals surface area contributed by atoms with Gasteiger partial charge in [0.05, 0.1) is 29.5 Å². The van der Waals surface area contributed by atoms with Gasteiger partial charge >= 0.3 is 6.18 Å². The van der Waals surface area contributed by atoms with Crippen molar-refractivity contribution in [2.75, 3.05) is 93.3 Å². The Morgan fingerprint density at radius 3 is 2.23 bits per heavy atom. The van der Waals surface area contributed by atoms with E-state index in [1.807, 2.05) is 29.2 Å². The molecule has 0 saturated carbocycles. The van der Waals surface area contributed by atoms with Crippen molar-refractivity contribution in [1.82, 2.24) is 34.6 Å². The number of piperazine rings is 2. The minimum Gasteiger partial charge on any atom is -0.399 e. The number of nitrogen functional groups attached to an aromatic ring is 1. The van der Waals surface area contributed by atoms with Gasteiger partial charge in [0.2, 0.25) is 17.7 Å². The molecule has 3 amide bonds. The van der Waals surface area contributed by atoms with Crippen LogP contribution in [0.1, 0.15) is 67.7 Å². The van der Waals surface area contributed by atoms with E-state index in [0.717, 1.165) is 81.9 Å². The van der Waals surface area contributed by atoms with Gasteiger partial charge in [0, 0.05) is 77.2 Å². The number of imide groups is 1. The normalized spacial score (nSPS) is 18.6. The molecule has 2 atom stereocenters. The third kappa shape index (κ3) is 10.6. The van der Waals surface area contributed by atoms with Crippen LogP contribution in [-0.2, 0) is 27.6 Å². The zero-order chi connectivity index (χ0) is 43.3. The molecule has 7 rings (SSSR count). The molecule has 15 nitrogen and oxygen atoms in total. The lowest BCUT2D eigenvalue weighted by Crippen LogP contribution is -2.50. The van der Waals surface area contributed by atoms with Crippen LogP contribution in [0, 0.1) is 0 Å². The van der Waals surface area contributed by atoms with E-state index < -0.39 is 17.8 Å². The molecule has 61 heavy (non-hydrogen) atoms. The number of benzene rings is 2. The summed E-state index contributed by atoms with van der Waals surface area (Å²) in [5.41, 5.74) is 7.79. The fourth-order valence-electron chi connectivity index (χ4n) is 8.39. The average Bonchev–Trinajstić information content (AvgIpc) is 3.24. The molecule has 326 valence electrons. The minimum atomic E-state index is -4.53. The number of pyridine rings is 1. The van der Waals surface area contributed by atoms with Crippen LogP contribution in [0.3, 0.4) is 0 Å². The molecule has 5 N–H and O–H groups in total. The number of hydrogen-bond donors (Lipinski definition) is 4. The Hall–Kier alpha value is -5.75. The van der Waals surface area contributed by atoms with Gasteiger partial charge in [-0.05, 0) is 86.8 Å². The van der Waals surface area contributed by atoms with Gasteiger partial charge in [0.1, 0.15) is 23.5 Å². The second-order valence-corrected chi connectivity index (χ2v) is 16.2. The van der Waals surface area contributed by atoms with E-state index in [1.54, 1.807) is 20.0 Å². The van der Waals surface area contributed by atoms with Crippen molar-refractivity contribution in [3.63, 3.8) is 0 Å². The van der Waals surface area contributed by atoms with Crippen LogP contribution in [0.2, 0.25) is 0 Å². The number of anilines is 4. The molecule has 3 aliphatic heterocycles. The Balaban J connectivity index is 0.815. The standard InChI is InChI=1S/C43H54F3N11O4/c1-28(30-22-31(43(44,45)46)24-32(47)23-30)51-39-35-25-36(42(61)53(2)40(35)50-27-49-39)56-18-14-54(15-19-56)12-4-3-5-13-55-16-20-57(21-17-55)38(59)26-48-33-8-6-29(7-9-33)34-10-11-37(58)52-41(34)60/h6-9,22-25,27-28,34,48H,3-5,10-21,26,47H2,1-2H3,(H,49,50,51)(H,52,58,60)/t28-,34?/m1/s1. The van der Waals surface area contributed by atoms with Gasteiger partial charge in [-0.2, -0.15) is 13.2 Å². The summed E-state index contributed by atoms with van der Waals surface area (Å²) in [6.07, 6.45) is 0.870. The van der Waals surface area contributed by atoms with E-state index >= 15 is 0 Å². The second-order valence-electron chi connectivity index (χ2n) is 16.2. The molecule has 0 spiro atoms. The van der Waals surface area contributed by atoms with Crippen LogP contribution in [0.5, 0.6) is 0 Å². The number of nitrogens with two attached hydrogens (primary N) is 1.